The number of amides is 1. The van der Waals surface area contributed by atoms with E-state index in [-0.39, 0.29) is 11.7 Å². The van der Waals surface area contributed by atoms with Gasteiger partial charge in [-0.25, -0.2) is 4.39 Å². The van der Waals surface area contributed by atoms with Crippen molar-refractivity contribution in [1.82, 2.24) is 20.5 Å². The first-order valence-corrected chi connectivity index (χ1v) is 10.5. The Morgan fingerprint density at radius 1 is 1.26 bits per heavy atom. The van der Waals surface area contributed by atoms with E-state index in [2.05, 4.69) is 20.6 Å². The largest absolute Gasteiger partial charge is 0.453 e. The Kier molecular flexibility index (Phi) is 7.44. The average molecular weight is 428 g/mol. The van der Waals surface area contributed by atoms with E-state index in [1.54, 1.807) is 56.5 Å². The van der Waals surface area contributed by atoms with E-state index < -0.39 is 11.2 Å². The zero-order valence-electron chi connectivity index (χ0n) is 18.3. The fraction of sp³-hybridized carbons (Fsp3) is 0.435. The minimum Gasteiger partial charge on any atom is -0.453 e. The van der Waals surface area contributed by atoms with Crippen molar-refractivity contribution in [3.8, 4) is 11.5 Å². The van der Waals surface area contributed by atoms with Crippen molar-refractivity contribution in [2.45, 2.75) is 32.2 Å². The van der Waals surface area contributed by atoms with Gasteiger partial charge in [-0.1, -0.05) is 18.9 Å². The van der Waals surface area contributed by atoms with Crippen LogP contribution in [0.15, 0.2) is 47.7 Å². The molecule has 0 radical (unpaired) electrons. The molecular formula is C23H30FN5O2. The minimum absolute atomic E-state index is 0.143. The molecule has 3 rings (SSSR count). The molecule has 2 N–H and O–H groups in total. The monoisotopic (exact) mass is 427 g/mol. The fourth-order valence-corrected chi connectivity index (χ4v) is 3.92. The number of benzene rings is 1. The molecule has 166 valence electrons. The molecule has 0 saturated heterocycles. The van der Waals surface area contributed by atoms with Crippen molar-refractivity contribution < 1.29 is 13.9 Å². The Labute approximate surface area is 182 Å². The number of aliphatic imine (C=N–C) groups is 1. The summed E-state index contributed by atoms with van der Waals surface area (Å²) in [5, 5.41) is 6.47. The Morgan fingerprint density at radius 2 is 2.03 bits per heavy atom. The van der Waals surface area contributed by atoms with Gasteiger partial charge in [0.15, 0.2) is 17.5 Å². The summed E-state index contributed by atoms with van der Waals surface area (Å²) in [6.45, 7) is 0.911. The lowest BCUT2D eigenvalue weighted by Crippen LogP contribution is -2.49. The van der Waals surface area contributed by atoms with Crippen LogP contribution >= 0.6 is 0 Å². The van der Waals surface area contributed by atoms with Gasteiger partial charge in [-0.2, -0.15) is 0 Å². The van der Waals surface area contributed by atoms with Crippen LogP contribution in [0.3, 0.4) is 0 Å². The molecule has 1 aliphatic carbocycles. The third-order valence-electron chi connectivity index (χ3n) is 5.56. The van der Waals surface area contributed by atoms with Crippen LogP contribution in [0.4, 0.5) is 4.39 Å². The van der Waals surface area contributed by atoms with E-state index in [0.717, 1.165) is 31.2 Å². The molecule has 0 bridgehead atoms. The van der Waals surface area contributed by atoms with E-state index in [4.69, 9.17) is 4.74 Å². The van der Waals surface area contributed by atoms with Crippen LogP contribution < -0.4 is 15.4 Å². The van der Waals surface area contributed by atoms with Gasteiger partial charge in [0.25, 0.3) is 0 Å². The average Bonchev–Trinajstić information content (AvgIpc) is 3.26. The second kappa shape index (κ2) is 10.2. The van der Waals surface area contributed by atoms with E-state index in [1.165, 1.54) is 12.3 Å². The van der Waals surface area contributed by atoms with Gasteiger partial charge in [-0.15, -0.1) is 0 Å². The summed E-state index contributed by atoms with van der Waals surface area (Å²) in [5.74, 6) is 0.898. The predicted molar refractivity (Wildman–Crippen MR) is 119 cm³/mol. The number of nitrogens with one attached hydrogen (secondary N) is 2. The lowest BCUT2D eigenvalue weighted by molar-refractivity contribution is -0.138. The normalized spacial score (nSPS) is 15.4. The number of guanidine groups is 1. The highest BCUT2D eigenvalue weighted by Gasteiger charge is 2.42. The van der Waals surface area contributed by atoms with Crippen molar-refractivity contribution in [2.75, 3.05) is 27.7 Å². The van der Waals surface area contributed by atoms with Crippen molar-refractivity contribution in [3.05, 3.63) is 54.1 Å². The quantitative estimate of drug-likeness (QED) is 0.524. The summed E-state index contributed by atoms with van der Waals surface area (Å²) in [7, 11) is 5.27. The number of aromatic nitrogens is 1. The molecule has 0 unspecified atom stereocenters. The number of pyridine rings is 1. The molecule has 2 aromatic rings. The highest BCUT2D eigenvalue weighted by molar-refractivity contribution is 5.85. The van der Waals surface area contributed by atoms with Crippen LogP contribution in [-0.2, 0) is 11.3 Å². The van der Waals surface area contributed by atoms with Crippen LogP contribution in [0.2, 0.25) is 0 Å². The van der Waals surface area contributed by atoms with E-state index in [0.29, 0.717) is 24.8 Å². The molecule has 0 atom stereocenters. The van der Waals surface area contributed by atoms with Gasteiger partial charge in [0.05, 0.1) is 11.6 Å². The molecule has 1 saturated carbocycles. The van der Waals surface area contributed by atoms with Crippen molar-refractivity contribution in [1.29, 1.82) is 0 Å². The van der Waals surface area contributed by atoms with Gasteiger partial charge in [0.1, 0.15) is 5.75 Å². The zero-order chi connectivity index (χ0) is 22.3. The lowest BCUT2D eigenvalue weighted by atomic mass is 9.84. The summed E-state index contributed by atoms with van der Waals surface area (Å²) < 4.78 is 20.0. The SMILES string of the molecule is CN=C(NCc1ccc(Oc2cccnc2)c(F)c1)NCC1(C(=O)N(C)C)CCCC1. The topological polar surface area (TPSA) is 78.9 Å². The molecule has 7 nitrogen and oxygen atoms in total. The molecule has 0 spiro atoms. The molecule has 1 heterocycles. The van der Waals surface area contributed by atoms with Gasteiger partial charge < -0.3 is 20.3 Å². The Bertz CT molecular complexity index is 911. The molecule has 31 heavy (non-hydrogen) atoms. The maximum Gasteiger partial charge on any atom is 0.230 e. The Hall–Kier alpha value is -3.16. The van der Waals surface area contributed by atoms with Crippen LogP contribution in [0.5, 0.6) is 11.5 Å². The number of rotatable bonds is 7. The van der Waals surface area contributed by atoms with Crippen molar-refractivity contribution >= 4 is 11.9 Å². The number of carbonyl (C=O) groups is 1. The van der Waals surface area contributed by atoms with Gasteiger partial charge in [-0.3, -0.25) is 14.8 Å². The van der Waals surface area contributed by atoms with Gasteiger partial charge in [-0.05, 0) is 42.7 Å². The van der Waals surface area contributed by atoms with E-state index in [9.17, 15) is 9.18 Å². The molecule has 8 heteroatoms. The standard InChI is InChI=1S/C23H30FN5O2/c1-25-22(28-16-23(10-4-5-11-23)21(30)29(2)3)27-14-17-8-9-20(19(24)13-17)31-18-7-6-12-26-15-18/h6-9,12-13,15H,4-5,10-11,14,16H2,1-3H3,(H2,25,27,28). The number of nitrogens with zero attached hydrogens (tertiary/aromatic N) is 3. The zero-order valence-corrected chi connectivity index (χ0v) is 18.3. The summed E-state index contributed by atoms with van der Waals surface area (Å²) in [5.41, 5.74) is 0.359. The smallest absolute Gasteiger partial charge is 0.230 e. The molecule has 0 aliphatic heterocycles. The summed E-state index contributed by atoms with van der Waals surface area (Å²) in [6, 6.07) is 8.27. The lowest BCUT2D eigenvalue weighted by Gasteiger charge is -2.31. The molecule has 1 aliphatic rings. The van der Waals surface area contributed by atoms with E-state index >= 15 is 0 Å². The van der Waals surface area contributed by atoms with Crippen LogP contribution in [0.1, 0.15) is 31.2 Å². The first-order valence-electron chi connectivity index (χ1n) is 10.5. The third kappa shape index (κ3) is 5.71. The number of carbonyl (C=O) groups excluding carboxylic acids is 1. The maximum absolute atomic E-state index is 14.4. The molecular weight excluding hydrogens is 397 g/mol. The van der Waals surface area contributed by atoms with Crippen LogP contribution in [0.25, 0.3) is 0 Å². The Balaban J connectivity index is 1.57. The Morgan fingerprint density at radius 3 is 2.65 bits per heavy atom. The van der Waals surface area contributed by atoms with Crippen molar-refractivity contribution in [3.63, 3.8) is 0 Å². The third-order valence-corrected chi connectivity index (χ3v) is 5.56. The molecule has 1 amide bonds. The highest BCUT2D eigenvalue weighted by Crippen LogP contribution is 2.38. The molecule has 1 aromatic carbocycles. The van der Waals surface area contributed by atoms with Gasteiger partial charge in [0.2, 0.25) is 5.91 Å². The van der Waals surface area contributed by atoms with Gasteiger partial charge in [0, 0.05) is 40.4 Å². The number of hydrogen-bond acceptors (Lipinski definition) is 4. The second-order valence-electron chi connectivity index (χ2n) is 8.02. The van der Waals surface area contributed by atoms with Crippen LogP contribution in [0, 0.1) is 11.2 Å². The van der Waals surface area contributed by atoms with Crippen LogP contribution in [-0.4, -0.2) is 49.4 Å². The number of halogens is 1. The first-order chi connectivity index (χ1) is 14.9. The minimum atomic E-state index is -0.451. The summed E-state index contributed by atoms with van der Waals surface area (Å²) in [6.07, 6.45) is 7.02. The maximum atomic E-state index is 14.4. The number of hydrogen-bond donors (Lipinski definition) is 2. The van der Waals surface area contributed by atoms with Crippen molar-refractivity contribution in [2.24, 2.45) is 10.4 Å². The predicted octanol–water partition coefficient (Wildman–Crippen LogP) is 3.33. The second-order valence-corrected chi connectivity index (χ2v) is 8.02. The fourth-order valence-electron chi connectivity index (χ4n) is 3.92. The molecule has 1 fully saturated rings. The summed E-state index contributed by atoms with van der Waals surface area (Å²) >= 11 is 0. The highest BCUT2D eigenvalue weighted by atomic mass is 19.1. The number of ether oxygens (including phenoxy) is 1. The first kappa shape index (κ1) is 22.5. The molecule has 1 aromatic heterocycles. The van der Waals surface area contributed by atoms with Gasteiger partial charge >= 0.3 is 0 Å². The summed E-state index contributed by atoms with van der Waals surface area (Å²) in [4.78, 5) is 22.6. The van der Waals surface area contributed by atoms with E-state index in [1.807, 2.05) is 0 Å².